The van der Waals surface area contributed by atoms with Crippen LogP contribution in [0, 0.1) is 18.7 Å². The van der Waals surface area contributed by atoms with Gasteiger partial charge in [0.1, 0.15) is 5.82 Å². The average Bonchev–Trinajstić information content (AvgIpc) is 2.15. The molecule has 1 amide bonds. The molecule has 0 bridgehead atoms. The van der Waals surface area contributed by atoms with Crippen molar-refractivity contribution in [3.05, 3.63) is 35.1 Å². The topological polar surface area (TPSA) is 29.1 Å². The SMILES string of the molecule is Cc1ccc(C(=O)NC2CC(C)C2)c(F)c1. The predicted octanol–water partition coefficient (Wildman–Crippen LogP) is 2.66. The van der Waals surface area contributed by atoms with E-state index in [1.807, 2.05) is 0 Å². The predicted molar refractivity (Wildman–Crippen MR) is 60.8 cm³/mol. The van der Waals surface area contributed by atoms with Gasteiger partial charge >= 0.3 is 0 Å². The number of hydrogen-bond acceptors (Lipinski definition) is 1. The fourth-order valence-electron chi connectivity index (χ4n) is 2.09. The van der Waals surface area contributed by atoms with Crippen molar-refractivity contribution in [1.29, 1.82) is 0 Å². The van der Waals surface area contributed by atoms with E-state index in [2.05, 4.69) is 12.2 Å². The van der Waals surface area contributed by atoms with Crippen LogP contribution in [0.1, 0.15) is 35.7 Å². The molecule has 0 heterocycles. The molecule has 0 aromatic heterocycles. The van der Waals surface area contributed by atoms with Crippen molar-refractivity contribution < 1.29 is 9.18 Å². The Balaban J connectivity index is 2.03. The second-order valence-electron chi connectivity index (χ2n) is 4.73. The van der Waals surface area contributed by atoms with Crippen molar-refractivity contribution in [2.75, 3.05) is 0 Å². The van der Waals surface area contributed by atoms with Crippen LogP contribution in [0.3, 0.4) is 0 Å². The van der Waals surface area contributed by atoms with Gasteiger partial charge in [0.15, 0.2) is 0 Å². The van der Waals surface area contributed by atoms with Gasteiger partial charge in [-0.1, -0.05) is 13.0 Å². The Bertz CT molecular complexity index is 410. The van der Waals surface area contributed by atoms with Crippen molar-refractivity contribution in [1.82, 2.24) is 5.32 Å². The number of aryl methyl sites for hydroxylation is 1. The first-order chi connectivity index (χ1) is 7.56. The van der Waals surface area contributed by atoms with Gasteiger partial charge in [0.2, 0.25) is 0 Å². The van der Waals surface area contributed by atoms with Crippen LogP contribution in [0.15, 0.2) is 18.2 Å². The number of rotatable bonds is 2. The van der Waals surface area contributed by atoms with Crippen molar-refractivity contribution >= 4 is 5.91 Å². The summed E-state index contributed by atoms with van der Waals surface area (Å²) < 4.78 is 13.5. The molecule has 1 aromatic carbocycles. The minimum Gasteiger partial charge on any atom is -0.349 e. The highest BCUT2D eigenvalue weighted by molar-refractivity contribution is 5.94. The third-order valence-electron chi connectivity index (χ3n) is 3.08. The zero-order valence-corrected chi connectivity index (χ0v) is 9.59. The van der Waals surface area contributed by atoms with Crippen LogP contribution in [0.5, 0.6) is 0 Å². The molecule has 2 nitrogen and oxygen atoms in total. The molecule has 0 atom stereocenters. The molecule has 16 heavy (non-hydrogen) atoms. The number of amides is 1. The Morgan fingerprint density at radius 2 is 2.12 bits per heavy atom. The Morgan fingerprint density at radius 1 is 1.44 bits per heavy atom. The van der Waals surface area contributed by atoms with Gasteiger partial charge in [-0.15, -0.1) is 0 Å². The molecule has 0 radical (unpaired) electrons. The van der Waals surface area contributed by atoms with Crippen molar-refractivity contribution in [3.63, 3.8) is 0 Å². The highest BCUT2D eigenvalue weighted by Gasteiger charge is 2.27. The molecule has 1 aliphatic carbocycles. The molecule has 2 rings (SSSR count). The molecule has 86 valence electrons. The summed E-state index contributed by atoms with van der Waals surface area (Å²) in [6.07, 6.45) is 2.00. The fourth-order valence-corrected chi connectivity index (χ4v) is 2.09. The van der Waals surface area contributed by atoms with Crippen molar-refractivity contribution in [3.8, 4) is 0 Å². The van der Waals surface area contributed by atoms with E-state index in [0.29, 0.717) is 5.92 Å². The number of hydrogen-bond donors (Lipinski definition) is 1. The summed E-state index contributed by atoms with van der Waals surface area (Å²) in [6, 6.07) is 4.91. The molecular weight excluding hydrogens is 205 g/mol. The average molecular weight is 221 g/mol. The molecule has 0 spiro atoms. The lowest BCUT2D eigenvalue weighted by molar-refractivity contribution is 0.0892. The molecule has 1 aromatic rings. The molecule has 0 saturated heterocycles. The summed E-state index contributed by atoms with van der Waals surface area (Å²) >= 11 is 0. The van der Waals surface area contributed by atoms with Gasteiger partial charge in [-0.3, -0.25) is 4.79 Å². The molecule has 1 saturated carbocycles. The van der Waals surface area contributed by atoms with Gasteiger partial charge in [-0.25, -0.2) is 4.39 Å². The van der Waals surface area contributed by atoms with Crippen LogP contribution >= 0.6 is 0 Å². The number of carbonyl (C=O) groups excluding carboxylic acids is 1. The van der Waals surface area contributed by atoms with E-state index in [0.717, 1.165) is 18.4 Å². The summed E-state index contributed by atoms with van der Waals surface area (Å²) in [5.74, 6) is -0.0626. The van der Waals surface area contributed by atoms with E-state index in [1.165, 1.54) is 6.07 Å². The van der Waals surface area contributed by atoms with E-state index in [-0.39, 0.29) is 17.5 Å². The van der Waals surface area contributed by atoms with Gasteiger partial charge in [-0.2, -0.15) is 0 Å². The summed E-state index contributed by atoms with van der Waals surface area (Å²) in [5.41, 5.74) is 0.969. The molecule has 1 fully saturated rings. The van der Waals surface area contributed by atoms with E-state index in [1.54, 1.807) is 19.1 Å². The summed E-state index contributed by atoms with van der Waals surface area (Å²) in [7, 11) is 0. The lowest BCUT2D eigenvalue weighted by atomic mass is 9.82. The second kappa shape index (κ2) is 4.24. The number of benzene rings is 1. The first-order valence-electron chi connectivity index (χ1n) is 5.63. The summed E-state index contributed by atoms with van der Waals surface area (Å²) in [6.45, 7) is 3.95. The monoisotopic (exact) mass is 221 g/mol. The van der Waals surface area contributed by atoms with Gasteiger partial charge in [0, 0.05) is 6.04 Å². The largest absolute Gasteiger partial charge is 0.349 e. The Labute approximate surface area is 94.9 Å². The maximum atomic E-state index is 13.5. The van der Waals surface area contributed by atoms with Gasteiger partial charge in [0.05, 0.1) is 5.56 Å². The molecule has 1 aliphatic rings. The standard InChI is InChI=1S/C13H16FNO/c1-8-3-4-11(12(14)7-8)13(16)15-10-5-9(2)6-10/h3-4,7,9-10H,5-6H2,1-2H3,(H,15,16). The minimum absolute atomic E-state index is 0.144. The van der Waals surface area contributed by atoms with E-state index >= 15 is 0 Å². The maximum absolute atomic E-state index is 13.5. The zero-order valence-electron chi connectivity index (χ0n) is 9.59. The van der Waals surface area contributed by atoms with Crippen LogP contribution in [-0.4, -0.2) is 11.9 Å². The highest BCUT2D eigenvalue weighted by Crippen LogP contribution is 2.26. The van der Waals surface area contributed by atoms with Gasteiger partial charge < -0.3 is 5.32 Å². The van der Waals surface area contributed by atoms with Crippen LogP contribution < -0.4 is 5.32 Å². The zero-order chi connectivity index (χ0) is 11.7. The number of carbonyl (C=O) groups is 1. The first-order valence-corrected chi connectivity index (χ1v) is 5.63. The maximum Gasteiger partial charge on any atom is 0.254 e. The fraction of sp³-hybridized carbons (Fsp3) is 0.462. The third-order valence-corrected chi connectivity index (χ3v) is 3.08. The number of halogens is 1. The number of nitrogens with one attached hydrogen (secondary N) is 1. The van der Waals surface area contributed by atoms with Gasteiger partial charge in [0.25, 0.3) is 5.91 Å². The van der Waals surface area contributed by atoms with Crippen LogP contribution in [0.4, 0.5) is 4.39 Å². The lowest BCUT2D eigenvalue weighted by Crippen LogP contribution is -2.43. The smallest absolute Gasteiger partial charge is 0.254 e. The lowest BCUT2D eigenvalue weighted by Gasteiger charge is -2.33. The first kappa shape index (κ1) is 11.1. The van der Waals surface area contributed by atoms with E-state index in [4.69, 9.17) is 0 Å². The van der Waals surface area contributed by atoms with Gasteiger partial charge in [-0.05, 0) is 43.4 Å². The molecule has 1 N–H and O–H groups in total. The Morgan fingerprint density at radius 3 is 2.69 bits per heavy atom. The van der Waals surface area contributed by atoms with Crippen LogP contribution in [0.25, 0.3) is 0 Å². The van der Waals surface area contributed by atoms with Crippen molar-refractivity contribution in [2.45, 2.75) is 32.7 Å². The van der Waals surface area contributed by atoms with E-state index < -0.39 is 5.82 Å². The quantitative estimate of drug-likeness (QED) is 0.817. The minimum atomic E-state index is -0.440. The Kier molecular flexibility index (Phi) is 2.95. The summed E-state index contributed by atoms with van der Waals surface area (Å²) in [4.78, 5) is 11.7. The highest BCUT2D eigenvalue weighted by atomic mass is 19.1. The van der Waals surface area contributed by atoms with Crippen molar-refractivity contribution in [2.24, 2.45) is 5.92 Å². The van der Waals surface area contributed by atoms with Crippen LogP contribution in [-0.2, 0) is 0 Å². The second-order valence-corrected chi connectivity index (χ2v) is 4.73. The van der Waals surface area contributed by atoms with Crippen LogP contribution in [0.2, 0.25) is 0 Å². The molecular formula is C13H16FNO. The molecule has 0 unspecified atom stereocenters. The molecule has 3 heteroatoms. The summed E-state index contributed by atoms with van der Waals surface area (Å²) in [5, 5.41) is 2.84. The molecule has 0 aliphatic heterocycles. The van der Waals surface area contributed by atoms with E-state index in [9.17, 15) is 9.18 Å². The normalized spacial score (nSPS) is 23.7. The third kappa shape index (κ3) is 2.23. The Hall–Kier alpha value is -1.38.